The number of nitrogens with one attached hydrogen (secondary N) is 1. The van der Waals surface area contributed by atoms with Crippen molar-refractivity contribution in [2.24, 2.45) is 5.73 Å². The van der Waals surface area contributed by atoms with Crippen molar-refractivity contribution in [3.63, 3.8) is 0 Å². The zero-order valence-electron chi connectivity index (χ0n) is 16.7. The van der Waals surface area contributed by atoms with Crippen LogP contribution in [0.5, 0.6) is 0 Å². The Labute approximate surface area is 174 Å². The minimum atomic E-state index is -1.13. The monoisotopic (exact) mass is 426 g/mol. The highest BCUT2D eigenvalue weighted by Gasteiger charge is 2.23. The summed E-state index contributed by atoms with van der Waals surface area (Å²) in [6.07, 6.45) is 0. The van der Waals surface area contributed by atoms with E-state index in [0.717, 1.165) is 6.07 Å². The highest BCUT2D eigenvalue weighted by molar-refractivity contribution is 6.13. The molecule has 2 amide bonds. The van der Waals surface area contributed by atoms with Crippen molar-refractivity contribution in [2.45, 2.75) is 20.8 Å². The first kappa shape index (κ1) is 20.2. The van der Waals surface area contributed by atoms with E-state index in [1.54, 1.807) is 26.8 Å². The number of aromatic nitrogens is 2. The van der Waals surface area contributed by atoms with Gasteiger partial charge >= 0.3 is 0 Å². The second-order valence-electron chi connectivity index (χ2n) is 6.96. The van der Waals surface area contributed by atoms with E-state index in [-0.39, 0.29) is 11.3 Å². The molecule has 3 heterocycles. The molecular weight excluding hydrogens is 410 g/mol. The molecule has 0 saturated heterocycles. The Hall–Kier alpha value is -4.08. The molecule has 0 aliphatic carbocycles. The number of nitrogens with two attached hydrogens (primary N) is 1. The largest absolute Gasteiger partial charge is 0.466 e. The molecule has 4 aromatic rings. The van der Waals surface area contributed by atoms with Crippen LogP contribution in [-0.4, -0.2) is 22.0 Å². The molecule has 0 saturated carbocycles. The van der Waals surface area contributed by atoms with E-state index in [9.17, 15) is 18.4 Å². The summed E-state index contributed by atoms with van der Waals surface area (Å²) in [5, 5.41) is 6.53. The van der Waals surface area contributed by atoms with Gasteiger partial charge in [-0.05, 0) is 39.0 Å². The lowest BCUT2D eigenvalue weighted by molar-refractivity contribution is 0.0992. The molecule has 3 aromatic heterocycles. The summed E-state index contributed by atoms with van der Waals surface area (Å²) in [5.41, 5.74) is 5.78. The molecule has 0 bridgehead atoms. The number of furan rings is 1. The molecule has 1 aromatic carbocycles. The van der Waals surface area contributed by atoms with Crippen molar-refractivity contribution in [2.75, 3.05) is 5.32 Å². The summed E-state index contributed by atoms with van der Waals surface area (Å²) in [4.78, 5) is 28.8. The maximum atomic E-state index is 14.2. The summed E-state index contributed by atoms with van der Waals surface area (Å²) >= 11 is 0. The summed E-state index contributed by atoms with van der Waals surface area (Å²) in [6, 6.07) is 4.57. The van der Waals surface area contributed by atoms with Gasteiger partial charge in [0.15, 0.2) is 0 Å². The van der Waals surface area contributed by atoms with Crippen LogP contribution in [0.4, 0.5) is 14.5 Å². The first-order valence-electron chi connectivity index (χ1n) is 9.10. The predicted octanol–water partition coefficient (Wildman–Crippen LogP) is 4.04. The third-order valence-electron chi connectivity index (χ3n) is 4.75. The summed E-state index contributed by atoms with van der Waals surface area (Å²) in [7, 11) is 0. The third-order valence-corrected chi connectivity index (χ3v) is 4.75. The van der Waals surface area contributed by atoms with Crippen LogP contribution in [0.2, 0.25) is 0 Å². The Bertz CT molecular complexity index is 1370. The van der Waals surface area contributed by atoms with Crippen LogP contribution < -0.4 is 11.1 Å². The van der Waals surface area contributed by atoms with Crippen LogP contribution in [0.15, 0.2) is 33.2 Å². The van der Waals surface area contributed by atoms with E-state index in [2.05, 4.69) is 15.5 Å². The van der Waals surface area contributed by atoms with Crippen molar-refractivity contribution in [1.29, 1.82) is 0 Å². The zero-order chi connectivity index (χ0) is 22.4. The Balaban J connectivity index is 1.83. The van der Waals surface area contributed by atoms with Crippen LogP contribution in [-0.2, 0) is 0 Å². The van der Waals surface area contributed by atoms with E-state index < -0.39 is 34.7 Å². The highest BCUT2D eigenvalue weighted by Crippen LogP contribution is 2.31. The number of pyridine rings is 1. The molecule has 8 nitrogen and oxygen atoms in total. The van der Waals surface area contributed by atoms with Gasteiger partial charge in [-0.2, -0.15) is 0 Å². The van der Waals surface area contributed by atoms with Crippen LogP contribution in [0.25, 0.3) is 22.4 Å². The first-order chi connectivity index (χ1) is 14.7. The van der Waals surface area contributed by atoms with Crippen molar-refractivity contribution < 1.29 is 27.3 Å². The molecule has 0 unspecified atom stereocenters. The number of amides is 2. The normalized spacial score (nSPS) is 11.1. The molecule has 31 heavy (non-hydrogen) atoms. The maximum Gasteiger partial charge on any atom is 0.259 e. The Kier molecular flexibility index (Phi) is 4.77. The lowest BCUT2D eigenvalue weighted by atomic mass is 10.0. The topological polar surface area (TPSA) is 124 Å². The van der Waals surface area contributed by atoms with Crippen LogP contribution >= 0.6 is 0 Å². The fourth-order valence-electron chi connectivity index (χ4n) is 3.32. The molecule has 4 rings (SSSR count). The van der Waals surface area contributed by atoms with Crippen LogP contribution in [0, 0.1) is 32.4 Å². The van der Waals surface area contributed by atoms with Gasteiger partial charge in [0.2, 0.25) is 0 Å². The van der Waals surface area contributed by atoms with Gasteiger partial charge in [-0.25, -0.2) is 13.8 Å². The molecule has 158 valence electrons. The van der Waals surface area contributed by atoms with E-state index in [0.29, 0.717) is 39.9 Å². The predicted molar refractivity (Wildman–Crippen MR) is 107 cm³/mol. The number of halogens is 2. The fraction of sp³-hybridized carbons (Fsp3) is 0.143. The van der Waals surface area contributed by atoms with E-state index in [4.69, 9.17) is 14.7 Å². The smallest absolute Gasteiger partial charge is 0.259 e. The van der Waals surface area contributed by atoms with Gasteiger partial charge in [0, 0.05) is 11.6 Å². The summed E-state index contributed by atoms with van der Waals surface area (Å²) in [6.45, 7) is 5.15. The fourth-order valence-corrected chi connectivity index (χ4v) is 3.32. The molecule has 0 atom stereocenters. The number of aryl methyl sites for hydroxylation is 3. The average molecular weight is 426 g/mol. The Morgan fingerprint density at radius 2 is 1.77 bits per heavy atom. The quantitative estimate of drug-likeness (QED) is 0.508. The van der Waals surface area contributed by atoms with Gasteiger partial charge in [-0.1, -0.05) is 5.16 Å². The van der Waals surface area contributed by atoms with E-state index in [1.807, 2.05) is 0 Å². The minimum absolute atomic E-state index is 0.0985. The number of benzene rings is 1. The van der Waals surface area contributed by atoms with Crippen LogP contribution in [0.1, 0.15) is 37.9 Å². The molecule has 0 aliphatic heterocycles. The molecule has 0 aliphatic rings. The number of nitrogens with zero attached hydrogens (tertiary/aromatic N) is 2. The number of carbonyl (C=O) groups excluding carboxylic acids is 2. The molecule has 0 fully saturated rings. The molecule has 0 radical (unpaired) electrons. The van der Waals surface area contributed by atoms with Gasteiger partial charge < -0.3 is 20.0 Å². The Morgan fingerprint density at radius 1 is 1.03 bits per heavy atom. The lowest BCUT2D eigenvalue weighted by Gasteiger charge is -2.10. The van der Waals surface area contributed by atoms with Gasteiger partial charge in [0.1, 0.15) is 23.2 Å². The second kappa shape index (κ2) is 7.31. The molecular formula is C21H16F2N4O4. The van der Waals surface area contributed by atoms with E-state index >= 15 is 0 Å². The molecule has 3 N–H and O–H groups in total. The van der Waals surface area contributed by atoms with Gasteiger partial charge in [0.05, 0.1) is 33.6 Å². The number of anilines is 1. The van der Waals surface area contributed by atoms with Crippen molar-refractivity contribution >= 4 is 28.6 Å². The van der Waals surface area contributed by atoms with Crippen molar-refractivity contribution in [3.05, 3.63) is 64.2 Å². The Morgan fingerprint density at radius 3 is 2.42 bits per heavy atom. The minimum Gasteiger partial charge on any atom is -0.466 e. The SMILES string of the molecule is Cc1cc(-c2cc(C(=O)Nc3cc(C(N)=O)c(F)cc3F)c3c(C)noc3n2)c(C)o1. The maximum absolute atomic E-state index is 14.2. The molecule has 10 heteroatoms. The zero-order valence-corrected chi connectivity index (χ0v) is 16.7. The number of rotatable bonds is 4. The van der Waals surface area contributed by atoms with Crippen LogP contribution in [0.3, 0.4) is 0 Å². The number of carbonyl (C=O) groups is 2. The average Bonchev–Trinajstić information content (AvgIpc) is 3.24. The van der Waals surface area contributed by atoms with Crippen molar-refractivity contribution in [3.8, 4) is 11.3 Å². The summed E-state index contributed by atoms with van der Waals surface area (Å²) in [5.74, 6) is -2.79. The summed E-state index contributed by atoms with van der Waals surface area (Å²) < 4.78 is 38.8. The number of primary amides is 1. The second-order valence-corrected chi connectivity index (χ2v) is 6.96. The van der Waals surface area contributed by atoms with Gasteiger partial charge in [-0.3, -0.25) is 9.59 Å². The standard InChI is InChI=1S/C21H16F2N4O4/c1-8-4-11(10(3)30-8)16-6-13(18-9(2)27-31-21(18)26-16)20(29)25-17-5-12(19(24)28)14(22)7-15(17)23/h4-7H,1-3H3,(H2,24,28)(H,25,29). The molecule has 0 spiro atoms. The number of fused-ring (bicyclic) bond motifs is 1. The third kappa shape index (κ3) is 3.52. The van der Waals surface area contributed by atoms with Gasteiger partial charge in [0.25, 0.3) is 17.5 Å². The highest BCUT2D eigenvalue weighted by atomic mass is 19.1. The first-order valence-corrected chi connectivity index (χ1v) is 9.10. The van der Waals surface area contributed by atoms with Crippen molar-refractivity contribution in [1.82, 2.24) is 10.1 Å². The number of hydrogen-bond donors (Lipinski definition) is 2. The number of hydrogen-bond acceptors (Lipinski definition) is 6. The van der Waals surface area contributed by atoms with Gasteiger partial charge in [-0.15, -0.1) is 0 Å². The van der Waals surface area contributed by atoms with E-state index in [1.165, 1.54) is 6.07 Å². The lowest BCUT2D eigenvalue weighted by Crippen LogP contribution is -2.17.